The van der Waals surface area contributed by atoms with E-state index in [0.29, 0.717) is 0 Å². The smallest absolute Gasteiger partial charge is 0.406 e. The molecule has 0 atom stereocenters. The highest BCUT2D eigenvalue weighted by molar-refractivity contribution is 7.91. The average Bonchev–Trinajstić information content (AvgIpc) is 2.92. The van der Waals surface area contributed by atoms with E-state index in [9.17, 15) is 40.0 Å². The largest absolute Gasteiger partial charge is 0.454 e. The molecule has 2 rings (SSSR count). The van der Waals surface area contributed by atoms with Gasteiger partial charge >= 0.3 is 17.9 Å². The minimum Gasteiger partial charge on any atom is -0.454 e. The first-order chi connectivity index (χ1) is 13.7. The Morgan fingerprint density at radius 3 is 2.17 bits per heavy atom. The summed E-state index contributed by atoms with van der Waals surface area (Å²) in [5, 5.41) is 0. The van der Waals surface area contributed by atoms with Gasteiger partial charge in [0.2, 0.25) is 15.6 Å². The summed E-state index contributed by atoms with van der Waals surface area (Å²) in [7, 11) is -4.82. The molecule has 164 valence electrons. The van der Waals surface area contributed by atoms with Crippen LogP contribution in [0.4, 0.5) is 22.0 Å². The lowest BCUT2D eigenvalue weighted by Crippen LogP contribution is -2.20. The Hall–Kier alpha value is -2.76. The molecule has 0 aliphatic rings. The predicted octanol–water partition coefficient (Wildman–Crippen LogP) is 3.70. The van der Waals surface area contributed by atoms with E-state index >= 15 is 0 Å². The SMILES string of the molecule is Cc1cc(C(=O)COC(=O)c2ccc(S(=O)(=O)C(F)F)cc2)c(C)n1CC(F)(F)F. The molecule has 0 radical (unpaired) electrons. The topological polar surface area (TPSA) is 82.4 Å². The van der Waals surface area contributed by atoms with Crippen LogP contribution in [0.15, 0.2) is 35.2 Å². The molecule has 0 bridgehead atoms. The van der Waals surface area contributed by atoms with E-state index in [4.69, 9.17) is 4.74 Å². The first-order valence-corrected chi connectivity index (χ1v) is 9.84. The van der Waals surface area contributed by atoms with Crippen molar-refractivity contribution < 1.29 is 44.7 Å². The minimum atomic E-state index is -4.82. The summed E-state index contributed by atoms with van der Waals surface area (Å²) in [6.07, 6.45) is -4.48. The number of nitrogens with zero attached hydrogens (tertiary/aromatic N) is 1. The van der Waals surface area contributed by atoms with Crippen LogP contribution in [0.1, 0.15) is 32.1 Å². The van der Waals surface area contributed by atoms with E-state index in [-0.39, 0.29) is 22.5 Å². The molecule has 0 spiro atoms. The van der Waals surface area contributed by atoms with Crippen LogP contribution in [0.25, 0.3) is 0 Å². The van der Waals surface area contributed by atoms with Gasteiger partial charge in [0, 0.05) is 17.0 Å². The van der Waals surface area contributed by atoms with E-state index in [2.05, 4.69) is 0 Å². The van der Waals surface area contributed by atoms with Crippen LogP contribution in [0.5, 0.6) is 0 Å². The molecule has 1 aromatic carbocycles. The van der Waals surface area contributed by atoms with Gasteiger partial charge in [0.25, 0.3) is 0 Å². The number of benzene rings is 1. The first kappa shape index (κ1) is 23.5. The monoisotopic (exact) mass is 453 g/mol. The van der Waals surface area contributed by atoms with Crippen molar-refractivity contribution in [3.8, 4) is 0 Å². The Balaban J connectivity index is 2.08. The number of hydrogen-bond donors (Lipinski definition) is 0. The lowest BCUT2D eigenvalue weighted by molar-refractivity contribution is -0.141. The number of esters is 1. The zero-order valence-electron chi connectivity index (χ0n) is 15.7. The summed E-state index contributed by atoms with van der Waals surface area (Å²) in [4.78, 5) is 23.6. The van der Waals surface area contributed by atoms with Crippen molar-refractivity contribution in [1.82, 2.24) is 4.57 Å². The van der Waals surface area contributed by atoms with Gasteiger partial charge in [-0.3, -0.25) is 4.79 Å². The molecule has 0 aliphatic heterocycles. The summed E-state index contributed by atoms with van der Waals surface area (Å²) >= 11 is 0. The highest BCUT2D eigenvalue weighted by Crippen LogP contribution is 2.24. The Kier molecular flexibility index (Phi) is 6.70. The van der Waals surface area contributed by atoms with Crippen LogP contribution < -0.4 is 0 Å². The van der Waals surface area contributed by atoms with E-state index < -0.39 is 51.6 Å². The normalized spacial score (nSPS) is 12.3. The Bertz CT molecular complexity index is 1060. The van der Waals surface area contributed by atoms with Gasteiger partial charge in [0.1, 0.15) is 6.54 Å². The van der Waals surface area contributed by atoms with Crippen LogP contribution in [-0.2, 0) is 21.1 Å². The number of rotatable bonds is 7. The van der Waals surface area contributed by atoms with Gasteiger partial charge in [0.15, 0.2) is 6.61 Å². The van der Waals surface area contributed by atoms with Gasteiger partial charge < -0.3 is 9.30 Å². The number of alkyl halides is 5. The number of ether oxygens (including phenoxy) is 1. The third-order valence-electron chi connectivity index (χ3n) is 4.20. The number of hydrogen-bond acceptors (Lipinski definition) is 5. The Morgan fingerprint density at radius 1 is 1.10 bits per heavy atom. The third-order valence-corrected chi connectivity index (χ3v) is 5.60. The van der Waals surface area contributed by atoms with E-state index in [1.165, 1.54) is 19.9 Å². The van der Waals surface area contributed by atoms with Crippen molar-refractivity contribution in [2.45, 2.75) is 37.2 Å². The fraction of sp³-hybridized carbons (Fsp3) is 0.333. The standard InChI is InChI=1S/C18H16F5NO5S/c1-10-7-14(11(2)24(10)9-18(21,22)23)15(25)8-29-16(26)12-3-5-13(6-4-12)30(27,28)17(19)20/h3-7,17H,8-9H2,1-2H3. The number of aryl methyl sites for hydroxylation is 1. The molecular weight excluding hydrogens is 437 g/mol. The van der Waals surface area contributed by atoms with Crippen molar-refractivity contribution in [1.29, 1.82) is 0 Å². The van der Waals surface area contributed by atoms with Crippen LogP contribution in [-0.4, -0.2) is 43.3 Å². The lowest BCUT2D eigenvalue weighted by atomic mass is 10.1. The molecule has 1 heterocycles. The summed E-state index contributed by atoms with van der Waals surface area (Å²) in [5.74, 6) is -5.39. The Labute approximate surface area is 168 Å². The molecule has 1 aromatic heterocycles. The van der Waals surface area contributed by atoms with Gasteiger partial charge in [-0.25, -0.2) is 13.2 Å². The number of carbonyl (C=O) groups is 2. The first-order valence-electron chi connectivity index (χ1n) is 8.30. The van der Waals surface area contributed by atoms with Gasteiger partial charge in [-0.05, 0) is 44.2 Å². The number of halogens is 5. The van der Waals surface area contributed by atoms with E-state index in [1.807, 2.05) is 0 Å². The molecule has 6 nitrogen and oxygen atoms in total. The summed E-state index contributed by atoms with van der Waals surface area (Å²) in [6.45, 7) is 0.685. The van der Waals surface area contributed by atoms with Crippen molar-refractivity contribution >= 4 is 21.6 Å². The molecule has 0 aliphatic carbocycles. The lowest BCUT2D eigenvalue weighted by Gasteiger charge is -2.12. The zero-order chi connectivity index (χ0) is 22.9. The maximum Gasteiger partial charge on any atom is 0.406 e. The van der Waals surface area contributed by atoms with Crippen molar-refractivity contribution in [2.24, 2.45) is 0 Å². The predicted molar refractivity (Wildman–Crippen MR) is 94.2 cm³/mol. The minimum absolute atomic E-state index is 0.0390. The van der Waals surface area contributed by atoms with Crippen molar-refractivity contribution in [3.63, 3.8) is 0 Å². The molecule has 0 fully saturated rings. The molecule has 2 aromatic rings. The van der Waals surface area contributed by atoms with Crippen LogP contribution in [0.3, 0.4) is 0 Å². The van der Waals surface area contributed by atoms with Gasteiger partial charge in [-0.2, -0.15) is 22.0 Å². The molecule has 0 N–H and O–H groups in total. The molecule has 30 heavy (non-hydrogen) atoms. The number of aromatic nitrogens is 1. The number of Topliss-reactive ketones (excluding diaryl/α,β-unsaturated/α-hetero) is 1. The second kappa shape index (κ2) is 8.54. The molecule has 0 saturated heterocycles. The summed E-state index contributed by atoms with van der Waals surface area (Å²) in [6, 6.07) is 4.73. The number of carbonyl (C=O) groups excluding carboxylic acids is 2. The number of sulfone groups is 1. The van der Waals surface area contributed by atoms with E-state index in [1.54, 1.807) is 0 Å². The van der Waals surface area contributed by atoms with Crippen LogP contribution in [0, 0.1) is 13.8 Å². The fourth-order valence-electron chi connectivity index (χ4n) is 2.68. The zero-order valence-corrected chi connectivity index (χ0v) is 16.5. The van der Waals surface area contributed by atoms with Crippen molar-refractivity contribution in [3.05, 3.63) is 52.8 Å². The highest BCUT2D eigenvalue weighted by Gasteiger charge is 2.30. The third kappa shape index (κ3) is 5.23. The maximum atomic E-state index is 12.6. The molecule has 12 heteroatoms. The second-order valence-corrected chi connectivity index (χ2v) is 8.23. The molecular formula is C18H16F5NO5S. The quantitative estimate of drug-likeness (QED) is 0.363. The van der Waals surface area contributed by atoms with Gasteiger partial charge in [0.05, 0.1) is 10.5 Å². The van der Waals surface area contributed by atoms with Crippen LogP contribution >= 0.6 is 0 Å². The molecule has 0 unspecified atom stereocenters. The van der Waals surface area contributed by atoms with Crippen LogP contribution in [0.2, 0.25) is 0 Å². The maximum absolute atomic E-state index is 12.6. The Morgan fingerprint density at radius 2 is 1.67 bits per heavy atom. The van der Waals surface area contributed by atoms with Gasteiger partial charge in [-0.1, -0.05) is 0 Å². The average molecular weight is 453 g/mol. The van der Waals surface area contributed by atoms with Crippen molar-refractivity contribution in [2.75, 3.05) is 6.61 Å². The summed E-state index contributed by atoms with van der Waals surface area (Å²) < 4.78 is 91.4. The molecule has 0 amide bonds. The summed E-state index contributed by atoms with van der Waals surface area (Å²) in [5.41, 5.74) is 0.0317. The molecule has 0 saturated carbocycles. The highest BCUT2D eigenvalue weighted by atomic mass is 32.2. The fourth-order valence-corrected chi connectivity index (χ4v) is 3.40. The van der Waals surface area contributed by atoms with E-state index in [0.717, 1.165) is 28.8 Å². The second-order valence-electron chi connectivity index (χ2n) is 6.32. The van der Waals surface area contributed by atoms with Gasteiger partial charge in [-0.15, -0.1) is 0 Å². The number of ketones is 1.